The number of carbonyl (C=O) groups is 1. The molecule has 3 heterocycles. The van der Waals surface area contributed by atoms with Gasteiger partial charge in [-0.3, -0.25) is 9.59 Å². The van der Waals surface area contributed by atoms with Gasteiger partial charge in [0.1, 0.15) is 11.4 Å². The average Bonchev–Trinajstić information content (AvgIpc) is 3.32. The highest BCUT2D eigenvalue weighted by atomic mass is 79.9. The maximum Gasteiger partial charge on any atom is 0.310 e. The Morgan fingerprint density at radius 1 is 1.11 bits per heavy atom. The molecule has 1 spiro atoms. The molecule has 1 aromatic carbocycles. The summed E-state index contributed by atoms with van der Waals surface area (Å²) < 4.78 is 67.7. The van der Waals surface area contributed by atoms with Crippen molar-refractivity contribution in [2.75, 3.05) is 18.4 Å². The number of fused-ring (bicyclic) bond motifs is 3. The number of hydrogen-bond acceptors (Lipinski definition) is 5. The third-order valence-corrected chi connectivity index (χ3v) is 8.14. The molecule has 0 bridgehead atoms. The number of carbonyl (C=O) groups excluding carboxylic acids is 1. The fourth-order valence-electron chi connectivity index (χ4n) is 5.06. The number of amides is 1. The van der Waals surface area contributed by atoms with Crippen molar-refractivity contribution in [3.05, 3.63) is 50.6 Å². The Balaban J connectivity index is 1.49. The summed E-state index contributed by atoms with van der Waals surface area (Å²) in [5.74, 6) is -0.471. The van der Waals surface area contributed by atoms with E-state index in [0.29, 0.717) is 17.7 Å². The van der Waals surface area contributed by atoms with Gasteiger partial charge in [-0.1, -0.05) is 19.4 Å². The maximum absolute atomic E-state index is 13.4. The van der Waals surface area contributed by atoms with Crippen LogP contribution in [0.2, 0.25) is 0 Å². The Morgan fingerprint density at radius 2 is 1.77 bits per heavy atom. The number of benzene rings is 1. The second kappa shape index (κ2) is 7.26. The Hall–Kier alpha value is -2.52. The van der Waals surface area contributed by atoms with E-state index in [0.717, 1.165) is 49.0 Å². The van der Waals surface area contributed by atoms with Gasteiger partial charge in [0.25, 0.3) is 5.56 Å². The fourth-order valence-corrected chi connectivity index (χ4v) is 6.03. The van der Waals surface area contributed by atoms with E-state index in [1.54, 1.807) is 4.57 Å². The topological polar surface area (TPSA) is 93.3 Å². The predicted octanol–water partition coefficient (Wildman–Crippen LogP) is 4.52. The predicted molar refractivity (Wildman–Crippen MR) is 124 cm³/mol. The van der Waals surface area contributed by atoms with Gasteiger partial charge in [-0.15, -0.1) is 5.10 Å². The number of anilines is 1. The van der Waals surface area contributed by atoms with Crippen LogP contribution >= 0.6 is 26.2 Å². The van der Waals surface area contributed by atoms with Gasteiger partial charge in [0.2, 0.25) is 16.4 Å². The summed E-state index contributed by atoms with van der Waals surface area (Å²) >= 11 is 3.16. The van der Waals surface area contributed by atoms with E-state index >= 15 is 0 Å². The molecule has 15 heteroatoms. The molecule has 1 amide bonds. The Labute approximate surface area is 203 Å². The number of hydrogen-bond donors (Lipinski definition) is 2. The van der Waals surface area contributed by atoms with E-state index in [1.807, 2.05) is 0 Å². The summed E-state index contributed by atoms with van der Waals surface area (Å²) in [7, 11) is -9.81. The first-order valence-electron chi connectivity index (χ1n) is 10.7. The van der Waals surface area contributed by atoms with Crippen molar-refractivity contribution in [3.63, 3.8) is 0 Å². The lowest BCUT2D eigenvalue weighted by Gasteiger charge is -2.40. The number of halogens is 6. The van der Waals surface area contributed by atoms with Gasteiger partial charge in [-0.05, 0) is 79.0 Å². The molecule has 1 aliphatic heterocycles. The van der Waals surface area contributed by atoms with E-state index < -0.39 is 21.0 Å². The van der Waals surface area contributed by atoms with Crippen molar-refractivity contribution in [3.8, 4) is 0 Å². The van der Waals surface area contributed by atoms with Crippen LogP contribution in [0.5, 0.6) is 0 Å². The molecule has 35 heavy (non-hydrogen) atoms. The van der Waals surface area contributed by atoms with Crippen molar-refractivity contribution in [2.24, 2.45) is 0 Å². The fraction of sp³-hybridized carbons (Fsp3) is 0.400. The minimum atomic E-state index is -9.81. The molecular formula is C20H20BrF5N6O2S. The highest BCUT2D eigenvalue weighted by Gasteiger charge is 2.65. The van der Waals surface area contributed by atoms with Crippen molar-refractivity contribution >= 4 is 43.5 Å². The zero-order valence-corrected chi connectivity index (χ0v) is 20.4. The molecule has 0 atom stereocenters. The highest BCUT2D eigenvalue weighted by Crippen LogP contribution is 3.02. The van der Waals surface area contributed by atoms with E-state index in [4.69, 9.17) is 0 Å². The standard InChI is InChI=1S/C20H20BrF5N6O2S/c21-18-29-19-31(11-15(33)28-12-1-3-13(4-2-12)35(22,23,24,25)26)14-5-6-20(7-9-27-10-8-20)16(14)17(34)32(19)30-18/h1-4,27H,5-11H2,(H,28,33). The normalized spacial score (nSPS) is 19.4. The molecule has 1 fully saturated rings. The molecule has 5 rings (SSSR count). The van der Waals surface area contributed by atoms with Crippen LogP contribution in [0, 0.1) is 0 Å². The zero-order chi connectivity index (χ0) is 25.3. The maximum atomic E-state index is 13.4. The molecule has 3 aromatic rings. The minimum Gasteiger partial charge on any atom is -0.325 e. The molecule has 0 unspecified atom stereocenters. The molecule has 2 aromatic heterocycles. The van der Waals surface area contributed by atoms with Gasteiger partial charge in [-0.25, -0.2) is 0 Å². The largest absolute Gasteiger partial charge is 0.325 e. The van der Waals surface area contributed by atoms with Gasteiger partial charge in [0, 0.05) is 22.4 Å². The number of piperidine rings is 1. The highest BCUT2D eigenvalue weighted by molar-refractivity contribution is 9.10. The number of aromatic nitrogens is 4. The van der Waals surface area contributed by atoms with Crippen molar-refractivity contribution in [1.82, 2.24) is 24.5 Å². The molecule has 0 radical (unpaired) electrons. The van der Waals surface area contributed by atoms with Gasteiger partial charge < -0.3 is 15.2 Å². The molecule has 2 aliphatic rings. The van der Waals surface area contributed by atoms with Gasteiger partial charge in [0.15, 0.2) is 0 Å². The third kappa shape index (κ3) is 4.33. The zero-order valence-electron chi connectivity index (χ0n) is 18.0. The summed E-state index contributed by atoms with van der Waals surface area (Å²) in [5.41, 5.74) is 0.597. The van der Waals surface area contributed by atoms with E-state index in [-0.39, 0.29) is 45.9 Å². The SMILES string of the molecule is O=C(Cn1c2c(c(=O)n3nc(Br)nc13)C1(CCNCC1)CC2)Nc1ccc(S(F)(F)(F)(F)F)cc1. The van der Waals surface area contributed by atoms with E-state index in [2.05, 4.69) is 36.6 Å². The minimum absolute atomic E-state index is 0.0771. The first-order valence-corrected chi connectivity index (χ1v) is 13.4. The van der Waals surface area contributed by atoms with Crippen LogP contribution in [0.1, 0.15) is 30.5 Å². The second-order valence-corrected chi connectivity index (χ2v) is 12.0. The number of nitrogens with one attached hydrogen (secondary N) is 2. The second-order valence-electron chi connectivity index (χ2n) is 8.88. The monoisotopic (exact) mass is 582 g/mol. The smallest absolute Gasteiger partial charge is 0.310 e. The van der Waals surface area contributed by atoms with Crippen molar-refractivity contribution in [1.29, 1.82) is 0 Å². The number of nitrogens with zero attached hydrogens (tertiary/aromatic N) is 4. The van der Waals surface area contributed by atoms with Gasteiger partial charge in [-0.2, -0.15) is 9.50 Å². The number of rotatable bonds is 4. The van der Waals surface area contributed by atoms with Crippen molar-refractivity contribution in [2.45, 2.75) is 42.5 Å². The first kappa shape index (κ1) is 24.2. The average molecular weight is 583 g/mol. The molecule has 2 N–H and O–H groups in total. The van der Waals surface area contributed by atoms with Crippen LogP contribution in [0.4, 0.5) is 25.1 Å². The lowest BCUT2D eigenvalue weighted by molar-refractivity contribution is -0.116. The summed E-state index contributed by atoms with van der Waals surface area (Å²) in [6.45, 7) is 1.22. The summed E-state index contributed by atoms with van der Waals surface area (Å²) in [6, 6.07) is 2.02. The van der Waals surface area contributed by atoms with Crippen LogP contribution in [-0.4, -0.2) is 38.2 Å². The van der Waals surface area contributed by atoms with Crippen molar-refractivity contribution < 1.29 is 24.2 Å². The molecule has 0 saturated carbocycles. The summed E-state index contributed by atoms with van der Waals surface area (Å²) in [5, 5.41) is 9.85. The van der Waals surface area contributed by atoms with Crippen LogP contribution in [0.15, 0.2) is 38.7 Å². The van der Waals surface area contributed by atoms with E-state index in [1.165, 1.54) is 0 Å². The lowest BCUT2D eigenvalue weighted by Crippen LogP contribution is -2.42. The van der Waals surface area contributed by atoms with Crippen LogP contribution < -0.4 is 16.2 Å². The molecule has 1 aliphatic carbocycles. The molecule has 8 nitrogen and oxygen atoms in total. The molecule has 1 saturated heterocycles. The van der Waals surface area contributed by atoms with Gasteiger partial charge in [0.05, 0.1) is 0 Å². The summed E-state index contributed by atoms with van der Waals surface area (Å²) in [6.07, 6.45) is 2.82. The first-order chi connectivity index (χ1) is 16.2. The van der Waals surface area contributed by atoms with Crippen LogP contribution in [0.3, 0.4) is 0 Å². The van der Waals surface area contributed by atoms with Crippen LogP contribution in [-0.2, 0) is 23.2 Å². The quantitative estimate of drug-likeness (QED) is 0.441. The third-order valence-electron chi connectivity index (χ3n) is 6.64. The van der Waals surface area contributed by atoms with Gasteiger partial charge >= 0.3 is 10.2 Å². The Bertz CT molecular complexity index is 1420. The van der Waals surface area contributed by atoms with Crippen LogP contribution in [0.25, 0.3) is 5.78 Å². The Kier molecular flexibility index (Phi) is 5.02. The Morgan fingerprint density at radius 3 is 2.40 bits per heavy atom. The molecule has 190 valence electrons. The summed E-state index contributed by atoms with van der Waals surface area (Å²) in [4.78, 5) is 28.4. The lowest BCUT2D eigenvalue weighted by atomic mass is 9.75. The molecular weight excluding hydrogens is 563 g/mol. The van der Waals surface area contributed by atoms with E-state index in [9.17, 15) is 29.0 Å².